The fraction of sp³-hybridized carbons (Fsp3) is 0.529. The first-order valence-electron chi connectivity index (χ1n) is 7.54. The molecule has 0 saturated carbocycles. The van der Waals surface area contributed by atoms with Gasteiger partial charge in [-0.25, -0.2) is 4.98 Å². The molecule has 1 N–H and O–H groups in total. The average molecular weight is 304 g/mol. The van der Waals surface area contributed by atoms with E-state index in [1.807, 2.05) is 27.7 Å². The molecule has 1 heterocycles. The molecule has 0 aliphatic heterocycles. The summed E-state index contributed by atoms with van der Waals surface area (Å²) in [6.45, 7) is 9.74. The number of pyridine rings is 1. The summed E-state index contributed by atoms with van der Waals surface area (Å²) in [6, 6.07) is 1.60. The van der Waals surface area contributed by atoms with Crippen molar-refractivity contribution < 1.29 is 14.4 Å². The number of hydrogen-bond acceptors (Lipinski definition) is 4. The number of ketones is 1. The molecule has 0 saturated heterocycles. The molecule has 5 nitrogen and oxygen atoms in total. The van der Waals surface area contributed by atoms with Gasteiger partial charge in [0.2, 0.25) is 5.91 Å². The normalized spacial score (nSPS) is 11.1. The van der Waals surface area contributed by atoms with E-state index in [4.69, 9.17) is 0 Å². The summed E-state index contributed by atoms with van der Waals surface area (Å²) >= 11 is 0. The van der Waals surface area contributed by atoms with Crippen molar-refractivity contribution in [3.8, 4) is 0 Å². The number of likely N-dealkylation sites (N-methyl/N-ethyl adjacent to an activating group) is 1. The maximum atomic E-state index is 12.6. The minimum atomic E-state index is -0.571. The third-order valence-electron chi connectivity index (χ3n) is 3.91. The molecule has 22 heavy (non-hydrogen) atoms. The van der Waals surface area contributed by atoms with Crippen LogP contribution in [0.15, 0.2) is 6.07 Å². The van der Waals surface area contributed by atoms with E-state index >= 15 is 0 Å². The van der Waals surface area contributed by atoms with E-state index in [0.717, 1.165) is 0 Å². The van der Waals surface area contributed by atoms with E-state index in [1.54, 1.807) is 13.0 Å². The molecule has 0 aliphatic carbocycles. The van der Waals surface area contributed by atoms with Crippen LogP contribution in [0, 0.1) is 12.3 Å². The Morgan fingerprint density at radius 1 is 1.32 bits per heavy atom. The van der Waals surface area contributed by atoms with Crippen LogP contribution in [-0.2, 0) is 11.2 Å². The summed E-state index contributed by atoms with van der Waals surface area (Å²) in [4.78, 5) is 39.9. The number of hydrogen-bond donors (Lipinski definition) is 1. The third kappa shape index (κ3) is 4.00. The Kier molecular flexibility index (Phi) is 5.97. The molecule has 0 radical (unpaired) electrons. The summed E-state index contributed by atoms with van der Waals surface area (Å²) in [5.41, 5.74) is 1.14. The smallest absolute Gasteiger partial charge is 0.224 e. The van der Waals surface area contributed by atoms with Crippen LogP contribution in [0.3, 0.4) is 0 Å². The van der Waals surface area contributed by atoms with E-state index in [9.17, 15) is 14.4 Å². The molecule has 0 aliphatic rings. The first-order chi connectivity index (χ1) is 10.3. The second kappa shape index (κ2) is 7.29. The highest BCUT2D eigenvalue weighted by Crippen LogP contribution is 2.26. The zero-order valence-electron chi connectivity index (χ0n) is 13.9. The van der Waals surface area contributed by atoms with Gasteiger partial charge < -0.3 is 5.32 Å². The topological polar surface area (TPSA) is 76.1 Å². The number of nitrogens with one attached hydrogen (secondary N) is 1. The van der Waals surface area contributed by atoms with Gasteiger partial charge in [-0.1, -0.05) is 20.8 Å². The molecule has 1 amide bonds. The fourth-order valence-corrected chi connectivity index (χ4v) is 2.03. The molecule has 0 spiro atoms. The van der Waals surface area contributed by atoms with Crippen molar-refractivity contribution in [1.29, 1.82) is 0 Å². The number of carbonyl (C=O) groups excluding carboxylic acids is 3. The number of aldehydes is 1. The van der Waals surface area contributed by atoms with Crippen molar-refractivity contribution >= 4 is 18.0 Å². The molecule has 1 aromatic rings. The number of aryl methyl sites for hydroxylation is 1. The minimum absolute atomic E-state index is 0.128. The summed E-state index contributed by atoms with van der Waals surface area (Å²) in [5, 5.41) is 2.71. The molecule has 0 unspecified atom stereocenters. The first-order valence-corrected chi connectivity index (χ1v) is 7.54. The number of carbonyl (C=O) groups is 3. The van der Waals surface area contributed by atoms with Crippen molar-refractivity contribution in [1.82, 2.24) is 10.3 Å². The Morgan fingerprint density at radius 2 is 1.95 bits per heavy atom. The molecule has 0 aromatic carbocycles. The van der Waals surface area contributed by atoms with Gasteiger partial charge in [-0.3, -0.25) is 14.4 Å². The van der Waals surface area contributed by atoms with E-state index in [1.165, 1.54) is 0 Å². The van der Waals surface area contributed by atoms with Crippen LogP contribution >= 0.6 is 0 Å². The fourth-order valence-electron chi connectivity index (χ4n) is 2.03. The monoisotopic (exact) mass is 304 g/mol. The van der Waals surface area contributed by atoms with E-state index in [2.05, 4.69) is 10.3 Å². The Labute approximate surface area is 131 Å². The number of nitrogens with zero attached hydrogens (tertiary/aromatic N) is 1. The van der Waals surface area contributed by atoms with Gasteiger partial charge in [-0.15, -0.1) is 0 Å². The van der Waals surface area contributed by atoms with Gasteiger partial charge in [-0.2, -0.15) is 0 Å². The van der Waals surface area contributed by atoms with Gasteiger partial charge in [0.25, 0.3) is 0 Å². The summed E-state index contributed by atoms with van der Waals surface area (Å²) in [7, 11) is 0. The standard InChI is InChI=1S/C17H24N2O3/c1-6-17(4,5)16(22)15-13(10-20)8-12(11(3)19-15)9-14(21)18-7-2/h8,10H,6-7,9H2,1-5H3,(H,18,21). The third-order valence-corrected chi connectivity index (χ3v) is 3.91. The number of rotatable bonds is 7. The van der Waals surface area contributed by atoms with E-state index < -0.39 is 5.41 Å². The quantitative estimate of drug-likeness (QED) is 0.620. The predicted octanol–water partition coefficient (Wildman–Crippen LogP) is 2.50. The Balaban J connectivity index is 3.24. The molecule has 120 valence electrons. The van der Waals surface area contributed by atoms with Gasteiger partial charge >= 0.3 is 0 Å². The van der Waals surface area contributed by atoms with Gasteiger partial charge in [-0.05, 0) is 31.9 Å². The highest BCUT2D eigenvalue weighted by molar-refractivity contribution is 6.04. The van der Waals surface area contributed by atoms with Crippen LogP contribution < -0.4 is 5.32 Å². The van der Waals surface area contributed by atoms with Crippen molar-refractivity contribution in [3.05, 3.63) is 28.6 Å². The molecule has 0 atom stereocenters. The molecule has 1 aromatic heterocycles. The average Bonchev–Trinajstić information content (AvgIpc) is 2.48. The summed E-state index contributed by atoms with van der Waals surface area (Å²) in [6.07, 6.45) is 1.44. The number of Topliss-reactive ketones (excluding diaryl/α,β-unsaturated/α-hetero) is 1. The SMILES string of the molecule is CCNC(=O)Cc1cc(C=O)c(C(=O)C(C)(C)CC)nc1C. The molecule has 5 heteroatoms. The zero-order chi connectivity index (χ0) is 16.9. The number of aromatic nitrogens is 1. The molecule has 0 fully saturated rings. The lowest BCUT2D eigenvalue weighted by molar-refractivity contribution is -0.120. The van der Waals surface area contributed by atoms with Crippen LogP contribution in [0.5, 0.6) is 0 Å². The predicted molar refractivity (Wildman–Crippen MR) is 85.2 cm³/mol. The molecule has 0 bridgehead atoms. The van der Waals surface area contributed by atoms with Crippen LogP contribution in [0.1, 0.15) is 66.2 Å². The Bertz CT molecular complexity index is 592. The van der Waals surface area contributed by atoms with Crippen LogP contribution in [0.25, 0.3) is 0 Å². The van der Waals surface area contributed by atoms with Crippen molar-refractivity contribution in [2.24, 2.45) is 5.41 Å². The van der Waals surface area contributed by atoms with Crippen molar-refractivity contribution in [3.63, 3.8) is 0 Å². The molecular weight excluding hydrogens is 280 g/mol. The van der Waals surface area contributed by atoms with Gasteiger partial charge in [0, 0.05) is 23.2 Å². The summed E-state index contributed by atoms with van der Waals surface area (Å²) < 4.78 is 0. The lowest BCUT2D eigenvalue weighted by atomic mass is 9.82. The highest BCUT2D eigenvalue weighted by Gasteiger charge is 2.30. The summed E-state index contributed by atoms with van der Waals surface area (Å²) in [5.74, 6) is -0.276. The second-order valence-electron chi connectivity index (χ2n) is 5.99. The maximum absolute atomic E-state index is 12.6. The lowest BCUT2D eigenvalue weighted by Crippen LogP contribution is -2.27. The largest absolute Gasteiger partial charge is 0.356 e. The van der Waals surface area contributed by atoms with Crippen LogP contribution in [0.2, 0.25) is 0 Å². The van der Waals surface area contributed by atoms with Crippen molar-refractivity contribution in [2.45, 2.75) is 47.5 Å². The second-order valence-corrected chi connectivity index (χ2v) is 5.99. The number of amides is 1. The van der Waals surface area contributed by atoms with Crippen LogP contribution in [0.4, 0.5) is 0 Å². The Hall–Kier alpha value is -2.04. The molecule has 1 rings (SSSR count). The molecular formula is C17H24N2O3. The van der Waals surface area contributed by atoms with Crippen LogP contribution in [-0.4, -0.2) is 29.5 Å². The van der Waals surface area contributed by atoms with Gasteiger partial charge in [0.15, 0.2) is 12.1 Å². The van der Waals surface area contributed by atoms with Gasteiger partial charge in [0.05, 0.1) is 6.42 Å². The lowest BCUT2D eigenvalue weighted by Gasteiger charge is -2.21. The van der Waals surface area contributed by atoms with E-state index in [-0.39, 0.29) is 29.4 Å². The maximum Gasteiger partial charge on any atom is 0.224 e. The van der Waals surface area contributed by atoms with E-state index in [0.29, 0.717) is 30.5 Å². The zero-order valence-corrected chi connectivity index (χ0v) is 13.9. The minimum Gasteiger partial charge on any atom is -0.356 e. The van der Waals surface area contributed by atoms with Crippen molar-refractivity contribution in [2.75, 3.05) is 6.54 Å². The highest BCUT2D eigenvalue weighted by atomic mass is 16.1. The van der Waals surface area contributed by atoms with Gasteiger partial charge in [0.1, 0.15) is 5.69 Å². The first kappa shape index (κ1) is 18.0. The Morgan fingerprint density at radius 3 is 2.45 bits per heavy atom.